The molecule has 2 aliphatic rings. The highest BCUT2D eigenvalue weighted by atomic mass is 32.1. The summed E-state index contributed by atoms with van der Waals surface area (Å²) in [6, 6.07) is 16.4. The average molecular weight is 603 g/mol. The number of nitrogens with one attached hydrogen (secondary N) is 4. The number of piperidine rings is 1. The Bertz CT molecular complexity index is 1430. The van der Waals surface area contributed by atoms with Crippen LogP contribution in [0.3, 0.4) is 0 Å². The van der Waals surface area contributed by atoms with E-state index in [2.05, 4.69) is 21.3 Å². The molecule has 4 amide bonds. The van der Waals surface area contributed by atoms with Gasteiger partial charge in [0.25, 0.3) is 11.8 Å². The van der Waals surface area contributed by atoms with Crippen LogP contribution in [0.4, 0.5) is 0 Å². The van der Waals surface area contributed by atoms with Crippen LogP contribution in [0.25, 0.3) is 10.1 Å². The van der Waals surface area contributed by atoms with Crippen molar-refractivity contribution < 1.29 is 24.0 Å². The van der Waals surface area contributed by atoms with E-state index >= 15 is 0 Å². The normalized spacial score (nSPS) is 18.7. The number of amides is 4. The minimum atomic E-state index is -1.20. The Morgan fingerprint density at radius 3 is 2.35 bits per heavy atom. The first-order valence-electron chi connectivity index (χ1n) is 15.1. The third-order valence-corrected chi connectivity index (χ3v) is 9.39. The Balaban J connectivity index is 1.35. The summed E-state index contributed by atoms with van der Waals surface area (Å²) in [5.41, 5.74) is 0.823. The second kappa shape index (κ2) is 14.4. The summed E-state index contributed by atoms with van der Waals surface area (Å²) in [5, 5.41) is 12.2. The van der Waals surface area contributed by atoms with Crippen molar-refractivity contribution in [3.63, 3.8) is 0 Å². The molecule has 9 nitrogen and oxygen atoms in total. The Hall–Kier alpha value is -4.05. The summed E-state index contributed by atoms with van der Waals surface area (Å²) >= 11 is 1.33. The quantitative estimate of drug-likeness (QED) is 0.249. The molecule has 5 rings (SSSR count). The number of benzene rings is 2. The molecule has 2 fully saturated rings. The van der Waals surface area contributed by atoms with Crippen LogP contribution in [-0.4, -0.2) is 54.1 Å². The third-order valence-electron chi connectivity index (χ3n) is 8.27. The van der Waals surface area contributed by atoms with Crippen LogP contribution < -0.4 is 21.3 Å². The molecule has 1 aromatic heterocycles. The maximum Gasteiger partial charge on any atom is 0.289 e. The molecule has 1 saturated carbocycles. The van der Waals surface area contributed by atoms with E-state index in [4.69, 9.17) is 0 Å². The number of fused-ring (bicyclic) bond motifs is 1. The molecule has 1 aliphatic carbocycles. The lowest BCUT2D eigenvalue weighted by atomic mass is 9.89. The van der Waals surface area contributed by atoms with E-state index in [-0.39, 0.29) is 24.8 Å². The van der Waals surface area contributed by atoms with Gasteiger partial charge in [-0.2, -0.15) is 0 Å². The van der Waals surface area contributed by atoms with Crippen molar-refractivity contribution in [1.29, 1.82) is 0 Å². The number of ketones is 1. The highest BCUT2D eigenvalue weighted by Crippen LogP contribution is 2.25. The van der Waals surface area contributed by atoms with Crippen molar-refractivity contribution in [2.24, 2.45) is 5.92 Å². The van der Waals surface area contributed by atoms with E-state index in [1.165, 1.54) is 11.3 Å². The highest BCUT2D eigenvalue weighted by Gasteiger charge is 2.35. The van der Waals surface area contributed by atoms with Crippen LogP contribution in [0.15, 0.2) is 60.7 Å². The van der Waals surface area contributed by atoms with Crippen LogP contribution in [0.5, 0.6) is 0 Å². The minimum Gasteiger partial charge on any atom is -0.356 e. The summed E-state index contributed by atoms with van der Waals surface area (Å²) in [7, 11) is 0. The lowest BCUT2D eigenvalue weighted by molar-refractivity contribution is -0.141. The molecular weight excluding hydrogens is 564 g/mol. The molecule has 43 heavy (non-hydrogen) atoms. The number of hydrogen-bond acceptors (Lipinski definition) is 6. The molecule has 226 valence electrons. The SMILES string of the molecule is O=C(NC1CCCCC1)C(=O)[C@H](C[C@@H]1CCCNC1=O)NC(=O)[C@H](Cc1ccccc1)NC(=O)c1cc2ccccc2s1. The molecule has 1 aliphatic heterocycles. The summed E-state index contributed by atoms with van der Waals surface area (Å²) in [6.45, 7) is 0.561. The molecule has 4 N–H and O–H groups in total. The van der Waals surface area contributed by atoms with Crippen LogP contribution in [-0.2, 0) is 25.6 Å². The largest absolute Gasteiger partial charge is 0.356 e. The van der Waals surface area contributed by atoms with Crippen LogP contribution in [0.1, 0.15) is 66.6 Å². The van der Waals surface area contributed by atoms with Gasteiger partial charge in [0.15, 0.2) is 0 Å². The summed E-state index contributed by atoms with van der Waals surface area (Å²) in [5.74, 6) is -3.20. The molecule has 2 aromatic carbocycles. The van der Waals surface area contributed by atoms with Gasteiger partial charge in [-0.05, 0) is 55.2 Å². The van der Waals surface area contributed by atoms with Gasteiger partial charge < -0.3 is 21.3 Å². The second-order valence-electron chi connectivity index (χ2n) is 11.5. The van der Waals surface area contributed by atoms with E-state index in [0.717, 1.165) is 54.2 Å². The van der Waals surface area contributed by atoms with Gasteiger partial charge in [-0.15, -0.1) is 11.3 Å². The molecule has 3 aromatic rings. The van der Waals surface area contributed by atoms with E-state index in [9.17, 15) is 24.0 Å². The molecule has 0 unspecified atom stereocenters. The number of thiophene rings is 1. The molecule has 0 radical (unpaired) electrons. The topological polar surface area (TPSA) is 133 Å². The fraction of sp³-hybridized carbons (Fsp3) is 0.424. The number of Topliss-reactive ketones (excluding diaryl/α,β-unsaturated/α-hetero) is 1. The van der Waals surface area contributed by atoms with Gasteiger partial charge in [-0.1, -0.05) is 67.8 Å². The summed E-state index contributed by atoms with van der Waals surface area (Å²) in [4.78, 5) is 66.8. The monoisotopic (exact) mass is 602 g/mol. The maximum atomic E-state index is 13.8. The first-order chi connectivity index (χ1) is 20.9. The minimum absolute atomic E-state index is 0.0107. The molecular formula is C33H38N4O5S. The maximum absolute atomic E-state index is 13.8. The summed E-state index contributed by atoms with van der Waals surface area (Å²) < 4.78 is 0.956. The van der Waals surface area contributed by atoms with E-state index < -0.39 is 41.5 Å². The predicted octanol–water partition coefficient (Wildman–Crippen LogP) is 3.66. The zero-order chi connectivity index (χ0) is 30.2. The summed E-state index contributed by atoms with van der Waals surface area (Å²) in [6.07, 6.45) is 6.21. The molecule has 0 spiro atoms. The zero-order valence-corrected chi connectivity index (χ0v) is 24.9. The van der Waals surface area contributed by atoms with Gasteiger partial charge in [0.05, 0.1) is 10.9 Å². The van der Waals surface area contributed by atoms with Crippen molar-refractivity contribution >= 4 is 50.8 Å². The Morgan fingerprint density at radius 2 is 1.60 bits per heavy atom. The number of carbonyl (C=O) groups is 5. The fourth-order valence-corrected chi connectivity index (χ4v) is 6.86. The fourth-order valence-electron chi connectivity index (χ4n) is 5.89. The first-order valence-corrected chi connectivity index (χ1v) is 15.9. The first kappa shape index (κ1) is 30.4. The molecule has 2 heterocycles. The van der Waals surface area contributed by atoms with E-state index in [1.54, 1.807) is 6.07 Å². The van der Waals surface area contributed by atoms with Crippen molar-refractivity contribution in [3.8, 4) is 0 Å². The van der Waals surface area contributed by atoms with Crippen molar-refractivity contribution in [2.75, 3.05) is 6.54 Å². The van der Waals surface area contributed by atoms with Gasteiger partial charge in [-0.25, -0.2) is 0 Å². The smallest absolute Gasteiger partial charge is 0.289 e. The lowest BCUT2D eigenvalue weighted by Crippen LogP contribution is -2.56. The standard InChI is InChI=1S/C33H38N4O5S/c38-29(33(42)35-24-14-5-2-6-15-24)25(19-23-13-9-17-34-30(23)39)36-31(40)26(18-21-10-3-1-4-11-21)37-32(41)28-20-22-12-7-8-16-27(22)43-28/h1,3-4,7-8,10-12,16,20,23-26H,2,5-6,9,13-15,17-19H2,(H,34,39)(H,35,42)(H,36,40)(H,37,41)/t23-,25-,26-/m0/s1. The lowest BCUT2D eigenvalue weighted by Gasteiger charge is -2.28. The van der Waals surface area contributed by atoms with Crippen molar-refractivity contribution in [3.05, 3.63) is 71.1 Å². The third kappa shape index (κ3) is 8.07. The van der Waals surface area contributed by atoms with Crippen LogP contribution in [0, 0.1) is 5.92 Å². The van der Waals surface area contributed by atoms with Crippen molar-refractivity contribution in [2.45, 2.75) is 75.9 Å². The van der Waals surface area contributed by atoms with E-state index in [0.29, 0.717) is 17.8 Å². The van der Waals surface area contributed by atoms with Gasteiger partial charge in [-0.3, -0.25) is 24.0 Å². The Morgan fingerprint density at radius 1 is 0.860 bits per heavy atom. The highest BCUT2D eigenvalue weighted by molar-refractivity contribution is 7.20. The van der Waals surface area contributed by atoms with Gasteiger partial charge >= 0.3 is 0 Å². The Kier molecular flexibility index (Phi) is 10.2. The van der Waals surface area contributed by atoms with Gasteiger partial charge in [0, 0.05) is 29.6 Å². The van der Waals surface area contributed by atoms with Crippen LogP contribution in [0.2, 0.25) is 0 Å². The number of rotatable bonds is 11. The molecule has 10 heteroatoms. The molecule has 1 saturated heterocycles. The molecule has 0 bridgehead atoms. The Labute approximate surface area is 255 Å². The van der Waals surface area contributed by atoms with Crippen molar-refractivity contribution in [1.82, 2.24) is 21.3 Å². The predicted molar refractivity (Wildman–Crippen MR) is 166 cm³/mol. The van der Waals surface area contributed by atoms with Gasteiger partial charge in [0.1, 0.15) is 6.04 Å². The number of hydrogen-bond donors (Lipinski definition) is 4. The number of carbonyl (C=O) groups excluding carboxylic acids is 5. The second-order valence-corrected chi connectivity index (χ2v) is 12.5. The molecule has 3 atom stereocenters. The van der Waals surface area contributed by atoms with E-state index in [1.807, 2.05) is 54.6 Å². The van der Waals surface area contributed by atoms with Gasteiger partial charge in [0.2, 0.25) is 17.6 Å². The van der Waals surface area contributed by atoms with Crippen LogP contribution >= 0.6 is 11.3 Å². The average Bonchev–Trinajstić information content (AvgIpc) is 3.47. The zero-order valence-electron chi connectivity index (χ0n) is 24.1.